The van der Waals surface area contributed by atoms with Crippen molar-refractivity contribution in [3.05, 3.63) is 35.4 Å². The Balaban J connectivity index is 1.60. The molecule has 0 aromatic heterocycles. The van der Waals surface area contributed by atoms with Crippen LogP contribution in [-0.4, -0.2) is 43.1 Å². The van der Waals surface area contributed by atoms with E-state index in [4.69, 9.17) is 4.74 Å². The van der Waals surface area contributed by atoms with Gasteiger partial charge in [-0.15, -0.1) is 0 Å². The fourth-order valence-electron chi connectivity index (χ4n) is 3.03. The minimum atomic E-state index is -1.07. The van der Waals surface area contributed by atoms with Gasteiger partial charge in [0.1, 0.15) is 11.6 Å². The lowest BCUT2D eigenvalue weighted by atomic mass is 9.91. The van der Waals surface area contributed by atoms with Crippen LogP contribution in [0.15, 0.2) is 24.3 Å². The molecule has 1 aromatic carbocycles. The van der Waals surface area contributed by atoms with Crippen LogP contribution in [0.4, 0.5) is 4.79 Å². The second kappa shape index (κ2) is 6.81. The number of amides is 4. The van der Waals surface area contributed by atoms with Crippen LogP contribution < -0.4 is 21.3 Å². The summed E-state index contributed by atoms with van der Waals surface area (Å²) in [6.07, 6.45) is -0.166. The van der Waals surface area contributed by atoms with Gasteiger partial charge in [0.2, 0.25) is 5.91 Å². The van der Waals surface area contributed by atoms with Gasteiger partial charge < -0.3 is 20.7 Å². The van der Waals surface area contributed by atoms with Crippen molar-refractivity contribution in [2.45, 2.75) is 38.1 Å². The summed E-state index contributed by atoms with van der Waals surface area (Å²) in [5.41, 5.74) is 0.509. The van der Waals surface area contributed by atoms with Crippen molar-refractivity contribution >= 4 is 17.8 Å². The molecule has 2 saturated heterocycles. The first-order valence-electron chi connectivity index (χ1n) is 8.26. The van der Waals surface area contributed by atoms with Crippen molar-refractivity contribution in [3.8, 4) is 0 Å². The minimum Gasteiger partial charge on any atom is -0.375 e. The monoisotopic (exact) mass is 346 g/mol. The first kappa shape index (κ1) is 17.4. The van der Waals surface area contributed by atoms with E-state index in [2.05, 4.69) is 21.3 Å². The van der Waals surface area contributed by atoms with Gasteiger partial charge in [-0.3, -0.25) is 14.9 Å². The SMILES string of the molecule is C[C@H]1OCCN[C@@H]1C(=O)NCc1ccc(C2(C)NC(=O)NC2=O)cc1. The van der Waals surface area contributed by atoms with Gasteiger partial charge in [0.25, 0.3) is 5.91 Å². The molecular formula is C17H22N4O4. The topological polar surface area (TPSA) is 109 Å². The summed E-state index contributed by atoms with van der Waals surface area (Å²) >= 11 is 0. The van der Waals surface area contributed by atoms with E-state index in [9.17, 15) is 14.4 Å². The zero-order valence-corrected chi connectivity index (χ0v) is 14.2. The number of carbonyl (C=O) groups excluding carboxylic acids is 3. The number of rotatable bonds is 4. The Morgan fingerprint density at radius 1 is 1.32 bits per heavy atom. The van der Waals surface area contributed by atoms with E-state index in [1.807, 2.05) is 19.1 Å². The molecule has 134 valence electrons. The van der Waals surface area contributed by atoms with Gasteiger partial charge in [-0.25, -0.2) is 4.79 Å². The molecule has 4 amide bonds. The number of nitrogens with one attached hydrogen (secondary N) is 4. The van der Waals surface area contributed by atoms with E-state index in [0.717, 1.165) is 5.56 Å². The number of urea groups is 1. The predicted molar refractivity (Wildman–Crippen MR) is 89.5 cm³/mol. The van der Waals surface area contributed by atoms with Crippen LogP contribution in [0.3, 0.4) is 0 Å². The zero-order valence-electron chi connectivity index (χ0n) is 14.2. The van der Waals surface area contributed by atoms with Crippen molar-refractivity contribution in [1.82, 2.24) is 21.3 Å². The molecule has 0 saturated carbocycles. The third kappa shape index (κ3) is 3.49. The molecule has 0 bridgehead atoms. The highest BCUT2D eigenvalue weighted by Crippen LogP contribution is 2.24. The Morgan fingerprint density at radius 2 is 2.04 bits per heavy atom. The van der Waals surface area contributed by atoms with Crippen molar-refractivity contribution in [2.24, 2.45) is 0 Å². The lowest BCUT2D eigenvalue weighted by molar-refractivity contribution is -0.129. The van der Waals surface area contributed by atoms with Crippen LogP contribution in [0, 0.1) is 0 Å². The van der Waals surface area contributed by atoms with Gasteiger partial charge in [-0.05, 0) is 25.0 Å². The average molecular weight is 346 g/mol. The summed E-state index contributed by atoms with van der Waals surface area (Å²) in [5, 5.41) is 10.9. The molecule has 1 aromatic rings. The zero-order chi connectivity index (χ0) is 18.0. The quantitative estimate of drug-likeness (QED) is 0.562. The van der Waals surface area contributed by atoms with Crippen molar-refractivity contribution in [3.63, 3.8) is 0 Å². The summed E-state index contributed by atoms with van der Waals surface area (Å²) in [6, 6.07) is 6.35. The molecule has 0 spiro atoms. The van der Waals surface area contributed by atoms with Gasteiger partial charge in [-0.1, -0.05) is 24.3 Å². The third-order valence-electron chi connectivity index (χ3n) is 4.64. The molecule has 2 fully saturated rings. The Kier molecular flexibility index (Phi) is 4.73. The van der Waals surface area contributed by atoms with Crippen LogP contribution in [0.25, 0.3) is 0 Å². The molecule has 1 unspecified atom stereocenters. The second-order valence-corrected chi connectivity index (χ2v) is 6.46. The Bertz CT molecular complexity index is 690. The number of carbonyl (C=O) groups is 3. The highest BCUT2D eigenvalue weighted by molar-refractivity contribution is 6.07. The molecule has 0 radical (unpaired) electrons. The van der Waals surface area contributed by atoms with Crippen molar-refractivity contribution in [2.75, 3.05) is 13.2 Å². The summed E-state index contributed by atoms with van der Waals surface area (Å²) in [7, 11) is 0. The standard InChI is InChI=1S/C17H22N4O4/c1-10-13(18-7-8-25-10)14(22)19-9-11-3-5-12(6-4-11)17(2)15(23)20-16(24)21-17/h3-6,10,13,18H,7-9H2,1-2H3,(H,19,22)(H2,20,21,23,24)/t10-,13+,17?/m1/s1. The van der Waals surface area contributed by atoms with E-state index >= 15 is 0 Å². The maximum absolute atomic E-state index is 12.2. The van der Waals surface area contributed by atoms with Crippen LogP contribution in [0.2, 0.25) is 0 Å². The molecule has 25 heavy (non-hydrogen) atoms. The second-order valence-electron chi connectivity index (χ2n) is 6.46. The van der Waals surface area contributed by atoms with Crippen LogP contribution >= 0.6 is 0 Å². The Hall–Kier alpha value is -2.45. The van der Waals surface area contributed by atoms with E-state index in [1.165, 1.54) is 0 Å². The van der Waals surface area contributed by atoms with E-state index < -0.39 is 11.6 Å². The smallest absolute Gasteiger partial charge is 0.322 e. The lowest BCUT2D eigenvalue weighted by Gasteiger charge is -2.29. The Labute approximate surface area is 145 Å². The normalized spacial score (nSPS) is 29.0. The van der Waals surface area contributed by atoms with Crippen molar-refractivity contribution in [1.29, 1.82) is 0 Å². The fraction of sp³-hybridized carbons (Fsp3) is 0.471. The lowest BCUT2D eigenvalue weighted by Crippen LogP contribution is -2.55. The summed E-state index contributed by atoms with van der Waals surface area (Å²) < 4.78 is 5.47. The summed E-state index contributed by atoms with van der Waals surface area (Å²) in [4.78, 5) is 35.5. The van der Waals surface area contributed by atoms with Gasteiger partial charge >= 0.3 is 6.03 Å². The van der Waals surface area contributed by atoms with Crippen molar-refractivity contribution < 1.29 is 19.1 Å². The predicted octanol–water partition coefficient (Wildman–Crippen LogP) is -0.266. The number of ether oxygens (including phenoxy) is 1. The number of hydrogen-bond donors (Lipinski definition) is 4. The molecule has 2 aliphatic rings. The fourth-order valence-corrected chi connectivity index (χ4v) is 3.03. The average Bonchev–Trinajstić information content (AvgIpc) is 2.86. The highest BCUT2D eigenvalue weighted by atomic mass is 16.5. The molecular weight excluding hydrogens is 324 g/mol. The Morgan fingerprint density at radius 3 is 2.64 bits per heavy atom. The van der Waals surface area contributed by atoms with Crippen LogP contribution in [0.5, 0.6) is 0 Å². The summed E-state index contributed by atoms with van der Waals surface area (Å²) in [6.45, 7) is 5.16. The highest BCUT2D eigenvalue weighted by Gasteiger charge is 2.43. The number of imide groups is 1. The summed E-state index contributed by atoms with van der Waals surface area (Å²) in [5.74, 6) is -0.485. The van der Waals surface area contributed by atoms with Gasteiger partial charge in [0.05, 0.1) is 12.7 Å². The van der Waals surface area contributed by atoms with Gasteiger partial charge in [0.15, 0.2) is 0 Å². The van der Waals surface area contributed by atoms with Gasteiger partial charge in [0, 0.05) is 13.1 Å². The molecule has 8 nitrogen and oxygen atoms in total. The number of benzene rings is 1. The molecule has 0 aliphatic carbocycles. The van der Waals surface area contributed by atoms with E-state index in [1.54, 1.807) is 19.1 Å². The number of hydrogen-bond acceptors (Lipinski definition) is 5. The molecule has 3 rings (SSSR count). The molecule has 2 aliphatic heterocycles. The first-order chi connectivity index (χ1) is 11.9. The molecule has 8 heteroatoms. The third-order valence-corrected chi connectivity index (χ3v) is 4.64. The molecule has 4 N–H and O–H groups in total. The maximum Gasteiger partial charge on any atom is 0.322 e. The largest absolute Gasteiger partial charge is 0.375 e. The molecule has 2 heterocycles. The number of morpholine rings is 1. The van der Waals surface area contributed by atoms with Crippen LogP contribution in [0.1, 0.15) is 25.0 Å². The first-order valence-corrected chi connectivity index (χ1v) is 8.26. The van der Waals surface area contributed by atoms with E-state index in [0.29, 0.717) is 25.3 Å². The van der Waals surface area contributed by atoms with E-state index in [-0.39, 0.29) is 24.0 Å². The molecule has 3 atom stereocenters. The minimum absolute atomic E-state index is 0.106. The maximum atomic E-state index is 12.2. The van der Waals surface area contributed by atoms with Crippen LogP contribution in [-0.2, 0) is 26.4 Å². The van der Waals surface area contributed by atoms with Gasteiger partial charge in [-0.2, -0.15) is 0 Å².